The van der Waals surface area contributed by atoms with Gasteiger partial charge in [-0.05, 0) is 31.4 Å². The molecule has 0 aromatic heterocycles. The third-order valence-corrected chi connectivity index (χ3v) is 5.67. The lowest BCUT2D eigenvalue weighted by molar-refractivity contribution is -0.146. The van der Waals surface area contributed by atoms with Crippen LogP contribution in [0.1, 0.15) is 19.3 Å². The summed E-state index contributed by atoms with van der Waals surface area (Å²) in [4.78, 5) is 31.5. The summed E-state index contributed by atoms with van der Waals surface area (Å²) in [6, 6.07) is 9.90. The lowest BCUT2D eigenvalue weighted by Gasteiger charge is -2.39. The number of likely N-dealkylation sites (tertiary alicyclic amines) is 2. The number of carbonyl (C=O) groups excluding carboxylic acids is 2. The Morgan fingerprint density at radius 3 is 2.73 bits per heavy atom. The Hall–Kier alpha value is -2.08. The topological polar surface area (TPSA) is 53.1 Å². The summed E-state index contributed by atoms with van der Waals surface area (Å²) in [5.74, 6) is 0.294. The van der Waals surface area contributed by atoms with Gasteiger partial charge in [0.1, 0.15) is 0 Å². The highest BCUT2D eigenvalue weighted by molar-refractivity contribution is 5.87. The fourth-order valence-electron chi connectivity index (χ4n) is 4.11. The fourth-order valence-corrected chi connectivity index (χ4v) is 4.11. The van der Waals surface area contributed by atoms with Crippen molar-refractivity contribution in [2.24, 2.45) is 5.41 Å². The molecule has 2 saturated heterocycles. The van der Waals surface area contributed by atoms with Gasteiger partial charge >= 0.3 is 0 Å². The lowest BCUT2D eigenvalue weighted by atomic mass is 9.78. The molecule has 1 aromatic rings. The van der Waals surface area contributed by atoms with E-state index in [9.17, 15) is 9.59 Å². The van der Waals surface area contributed by atoms with Crippen molar-refractivity contribution in [3.63, 3.8) is 0 Å². The number of likely N-dealkylation sites (N-methyl/N-ethyl adjacent to an activating group) is 1. The van der Waals surface area contributed by atoms with Crippen LogP contribution in [0.15, 0.2) is 30.3 Å². The number of anilines is 1. The van der Waals surface area contributed by atoms with Gasteiger partial charge in [-0.1, -0.05) is 18.2 Å². The lowest BCUT2D eigenvalue weighted by Crippen LogP contribution is -2.51. The molecule has 6 nitrogen and oxygen atoms in total. The molecule has 1 spiro atoms. The maximum Gasteiger partial charge on any atom is 0.242 e. The zero-order valence-corrected chi connectivity index (χ0v) is 15.8. The molecule has 6 heteroatoms. The number of carbonyl (C=O) groups is 2. The molecule has 1 aromatic carbocycles. The van der Waals surface area contributed by atoms with Crippen molar-refractivity contribution < 1.29 is 14.3 Å². The van der Waals surface area contributed by atoms with Crippen LogP contribution in [0.4, 0.5) is 5.69 Å². The summed E-state index contributed by atoms with van der Waals surface area (Å²) in [6.07, 6.45) is 2.66. The van der Waals surface area contributed by atoms with Crippen LogP contribution in [0.2, 0.25) is 0 Å². The molecule has 2 amide bonds. The normalized spacial score (nSPS) is 22.9. The van der Waals surface area contributed by atoms with Crippen molar-refractivity contribution >= 4 is 17.5 Å². The van der Waals surface area contributed by atoms with Crippen LogP contribution in [0.3, 0.4) is 0 Å². The van der Waals surface area contributed by atoms with Crippen LogP contribution in [0.25, 0.3) is 0 Å². The van der Waals surface area contributed by atoms with Gasteiger partial charge in [0.05, 0.1) is 18.6 Å². The number of hydrogen-bond donors (Lipinski definition) is 0. The predicted molar refractivity (Wildman–Crippen MR) is 101 cm³/mol. The summed E-state index contributed by atoms with van der Waals surface area (Å²) in [5, 5.41) is 0. The zero-order chi connectivity index (χ0) is 18.6. The van der Waals surface area contributed by atoms with Crippen molar-refractivity contribution in [1.82, 2.24) is 9.80 Å². The van der Waals surface area contributed by atoms with Crippen LogP contribution >= 0.6 is 0 Å². The van der Waals surface area contributed by atoms with Crippen molar-refractivity contribution in [2.45, 2.75) is 19.3 Å². The SMILES string of the molecule is COCCN1CCC[C@]2(CCN(C(=O)CN(C)c3ccccc3)C2)C1=O. The van der Waals surface area contributed by atoms with Crippen LogP contribution < -0.4 is 4.90 Å². The minimum atomic E-state index is -0.382. The van der Waals surface area contributed by atoms with Gasteiger partial charge in [-0.15, -0.1) is 0 Å². The first kappa shape index (κ1) is 18.7. The minimum absolute atomic E-state index is 0.0926. The van der Waals surface area contributed by atoms with E-state index in [0.717, 1.165) is 31.5 Å². The van der Waals surface area contributed by atoms with E-state index in [0.29, 0.717) is 32.8 Å². The Morgan fingerprint density at radius 1 is 1.23 bits per heavy atom. The van der Waals surface area contributed by atoms with E-state index in [-0.39, 0.29) is 17.2 Å². The molecule has 0 aliphatic carbocycles. The monoisotopic (exact) mass is 359 g/mol. The maximum atomic E-state index is 13.0. The maximum absolute atomic E-state index is 13.0. The van der Waals surface area contributed by atoms with Gasteiger partial charge in [0.2, 0.25) is 11.8 Å². The first-order valence-electron chi connectivity index (χ1n) is 9.38. The van der Waals surface area contributed by atoms with Crippen LogP contribution in [0.5, 0.6) is 0 Å². The average molecular weight is 359 g/mol. The molecular weight excluding hydrogens is 330 g/mol. The van der Waals surface area contributed by atoms with E-state index in [1.165, 1.54) is 0 Å². The summed E-state index contributed by atoms with van der Waals surface area (Å²) in [6.45, 7) is 3.56. The molecule has 0 saturated carbocycles. The Bertz CT molecular complexity index is 636. The fraction of sp³-hybridized carbons (Fsp3) is 0.600. The second-order valence-electron chi connectivity index (χ2n) is 7.43. The van der Waals surface area contributed by atoms with Crippen LogP contribution in [-0.4, -0.2) is 75.1 Å². The number of piperidine rings is 1. The number of ether oxygens (including phenoxy) is 1. The molecule has 0 unspecified atom stereocenters. The number of para-hydroxylation sites is 1. The second-order valence-corrected chi connectivity index (χ2v) is 7.43. The summed E-state index contributed by atoms with van der Waals surface area (Å²) in [7, 11) is 3.58. The third kappa shape index (κ3) is 3.85. The van der Waals surface area contributed by atoms with E-state index >= 15 is 0 Å². The Morgan fingerprint density at radius 2 is 2.00 bits per heavy atom. The van der Waals surface area contributed by atoms with E-state index in [1.54, 1.807) is 7.11 Å². The number of hydrogen-bond acceptors (Lipinski definition) is 4. The Labute approximate surface area is 155 Å². The summed E-state index contributed by atoms with van der Waals surface area (Å²) < 4.78 is 5.13. The number of amides is 2. The van der Waals surface area contributed by atoms with Gasteiger partial charge in [0, 0.05) is 46.0 Å². The standard InChI is InChI=1S/C20H29N3O3/c1-21(17-7-4-3-5-8-17)15-18(24)23-12-10-20(16-23)9-6-11-22(19(20)25)13-14-26-2/h3-5,7-8H,6,9-16H2,1-2H3/t20-/m1/s1. The molecule has 2 heterocycles. The van der Waals surface area contributed by atoms with E-state index in [4.69, 9.17) is 4.74 Å². The second kappa shape index (κ2) is 8.08. The minimum Gasteiger partial charge on any atom is -0.383 e. The molecule has 26 heavy (non-hydrogen) atoms. The molecule has 2 fully saturated rings. The number of rotatable bonds is 6. The summed E-state index contributed by atoms with van der Waals surface area (Å²) >= 11 is 0. The first-order valence-corrected chi connectivity index (χ1v) is 9.38. The van der Waals surface area contributed by atoms with Crippen molar-refractivity contribution in [3.05, 3.63) is 30.3 Å². The molecule has 2 aliphatic rings. The zero-order valence-electron chi connectivity index (χ0n) is 15.8. The van der Waals surface area contributed by atoms with Gasteiger partial charge in [-0.2, -0.15) is 0 Å². The molecule has 1 atom stereocenters. The molecule has 3 rings (SSSR count). The molecule has 0 bridgehead atoms. The molecule has 0 N–H and O–H groups in total. The van der Waals surface area contributed by atoms with Crippen LogP contribution in [-0.2, 0) is 14.3 Å². The number of methoxy groups -OCH3 is 1. The van der Waals surface area contributed by atoms with Gasteiger partial charge in [0.15, 0.2) is 0 Å². The largest absolute Gasteiger partial charge is 0.383 e. The number of nitrogens with zero attached hydrogens (tertiary/aromatic N) is 3. The van der Waals surface area contributed by atoms with Gasteiger partial charge in [-0.3, -0.25) is 9.59 Å². The molecule has 0 radical (unpaired) electrons. The van der Waals surface area contributed by atoms with Crippen LogP contribution in [0, 0.1) is 5.41 Å². The van der Waals surface area contributed by atoms with Gasteiger partial charge in [-0.25, -0.2) is 0 Å². The van der Waals surface area contributed by atoms with E-state index in [2.05, 4.69) is 0 Å². The van der Waals surface area contributed by atoms with Crippen molar-refractivity contribution in [1.29, 1.82) is 0 Å². The molecular formula is C20H29N3O3. The van der Waals surface area contributed by atoms with E-state index < -0.39 is 0 Å². The van der Waals surface area contributed by atoms with Crippen molar-refractivity contribution in [3.8, 4) is 0 Å². The van der Waals surface area contributed by atoms with Gasteiger partial charge in [0.25, 0.3) is 0 Å². The average Bonchev–Trinajstić information content (AvgIpc) is 3.09. The highest BCUT2D eigenvalue weighted by Crippen LogP contribution is 2.40. The molecule has 2 aliphatic heterocycles. The Kier molecular flexibility index (Phi) is 5.81. The highest BCUT2D eigenvalue weighted by atomic mass is 16.5. The smallest absolute Gasteiger partial charge is 0.242 e. The third-order valence-electron chi connectivity index (χ3n) is 5.67. The quantitative estimate of drug-likeness (QED) is 0.774. The van der Waals surface area contributed by atoms with E-state index in [1.807, 2.05) is 52.1 Å². The highest BCUT2D eigenvalue weighted by Gasteiger charge is 2.49. The number of benzene rings is 1. The molecule has 142 valence electrons. The Balaban J connectivity index is 1.60. The predicted octanol–water partition coefficient (Wildman–Crippen LogP) is 1.61. The van der Waals surface area contributed by atoms with Crippen molar-refractivity contribution in [2.75, 3.05) is 58.4 Å². The van der Waals surface area contributed by atoms with Gasteiger partial charge < -0.3 is 19.4 Å². The first-order chi connectivity index (χ1) is 12.6. The summed E-state index contributed by atoms with van der Waals surface area (Å²) in [5.41, 5.74) is 0.640.